The minimum absolute atomic E-state index is 0.0444. The van der Waals surface area contributed by atoms with E-state index in [-0.39, 0.29) is 22.2 Å². The molecule has 0 aromatic heterocycles. The molecule has 0 heterocycles. The number of carbonyl (C=O) groups is 3. The highest BCUT2D eigenvalue weighted by atomic mass is 35.5. The van der Waals surface area contributed by atoms with Crippen LogP contribution in [-0.4, -0.2) is 30.1 Å². The van der Waals surface area contributed by atoms with Gasteiger partial charge in [0.1, 0.15) is 17.3 Å². The van der Waals surface area contributed by atoms with Crippen LogP contribution in [0.1, 0.15) is 22.8 Å². The fourth-order valence-electron chi connectivity index (χ4n) is 3.82. The van der Waals surface area contributed by atoms with Crippen LogP contribution in [0.25, 0.3) is 6.08 Å². The molecule has 0 saturated carbocycles. The second kappa shape index (κ2) is 14.7. The number of methoxy groups -OCH3 is 1. The number of amides is 3. The van der Waals surface area contributed by atoms with E-state index in [9.17, 15) is 18.8 Å². The second-order valence-electron chi connectivity index (χ2n) is 9.09. The number of thioether (sulfide) groups is 1. The molecule has 0 radical (unpaired) electrons. The number of nitrogens with one attached hydrogen (secondary N) is 3. The van der Waals surface area contributed by atoms with Gasteiger partial charge < -0.3 is 20.7 Å². The van der Waals surface area contributed by atoms with Gasteiger partial charge in [-0.05, 0) is 79.7 Å². The van der Waals surface area contributed by atoms with Gasteiger partial charge in [0, 0.05) is 26.7 Å². The first kappa shape index (κ1) is 31.6. The zero-order chi connectivity index (χ0) is 30.9. The standard InChI is InChI=1S/C32H26Cl2FN3O4S/c1-19(30(39)37-27-17-21(33)11-16-29(27)42-2)43-23-14-12-22(13-15-23)36-32(41)28(18-24-25(34)9-6-10-26(24)35)38-31(40)20-7-4-3-5-8-20/h3-19H,1-2H3,(H,36,41)(H,37,39)(H,38,40)/b28-18-. The predicted molar refractivity (Wildman–Crippen MR) is 170 cm³/mol. The van der Waals surface area contributed by atoms with Crippen LogP contribution in [0.4, 0.5) is 15.8 Å². The first-order chi connectivity index (χ1) is 20.6. The Balaban J connectivity index is 1.46. The number of halogens is 3. The topological polar surface area (TPSA) is 96.5 Å². The van der Waals surface area contributed by atoms with Gasteiger partial charge in [0.05, 0.1) is 23.1 Å². The van der Waals surface area contributed by atoms with E-state index in [1.54, 1.807) is 79.7 Å². The van der Waals surface area contributed by atoms with Crippen molar-refractivity contribution in [1.29, 1.82) is 0 Å². The number of hydrogen-bond acceptors (Lipinski definition) is 5. The Bertz CT molecular complexity index is 1650. The van der Waals surface area contributed by atoms with Crippen molar-refractivity contribution in [2.24, 2.45) is 0 Å². The average molecular weight is 639 g/mol. The van der Waals surface area contributed by atoms with Crippen molar-refractivity contribution >= 4 is 70.1 Å². The maximum Gasteiger partial charge on any atom is 0.272 e. The SMILES string of the molecule is COc1ccc(Cl)cc1NC(=O)C(C)Sc1ccc(NC(=O)/C(=C/c2c(F)cccc2Cl)NC(=O)c2ccccc2)cc1. The second-order valence-corrected chi connectivity index (χ2v) is 11.3. The summed E-state index contributed by atoms with van der Waals surface area (Å²) in [4.78, 5) is 39.7. The molecule has 1 unspecified atom stereocenters. The van der Waals surface area contributed by atoms with E-state index >= 15 is 0 Å². The normalized spacial score (nSPS) is 11.8. The third-order valence-corrected chi connectivity index (χ3v) is 7.71. The van der Waals surface area contributed by atoms with Gasteiger partial charge in [0.15, 0.2) is 0 Å². The Morgan fingerprint density at radius 3 is 2.30 bits per heavy atom. The van der Waals surface area contributed by atoms with E-state index in [2.05, 4.69) is 16.0 Å². The number of carbonyl (C=O) groups excluding carboxylic acids is 3. The van der Waals surface area contributed by atoms with Crippen molar-refractivity contribution in [1.82, 2.24) is 5.32 Å². The van der Waals surface area contributed by atoms with Gasteiger partial charge in [-0.2, -0.15) is 0 Å². The molecule has 7 nitrogen and oxygen atoms in total. The highest BCUT2D eigenvalue weighted by Gasteiger charge is 2.19. The Morgan fingerprint density at radius 2 is 1.63 bits per heavy atom. The van der Waals surface area contributed by atoms with E-state index in [0.29, 0.717) is 27.7 Å². The van der Waals surface area contributed by atoms with Gasteiger partial charge in [-0.3, -0.25) is 14.4 Å². The van der Waals surface area contributed by atoms with Gasteiger partial charge in [-0.25, -0.2) is 4.39 Å². The fraction of sp³-hybridized carbons (Fsp3) is 0.0938. The largest absolute Gasteiger partial charge is 0.495 e. The zero-order valence-electron chi connectivity index (χ0n) is 23.0. The Labute approximate surface area is 262 Å². The molecule has 0 bridgehead atoms. The summed E-state index contributed by atoms with van der Waals surface area (Å²) in [6.45, 7) is 1.76. The molecule has 4 aromatic carbocycles. The van der Waals surface area contributed by atoms with Crippen molar-refractivity contribution in [3.8, 4) is 5.75 Å². The van der Waals surface area contributed by atoms with E-state index in [0.717, 1.165) is 4.90 Å². The molecule has 0 saturated heterocycles. The molecule has 43 heavy (non-hydrogen) atoms. The summed E-state index contributed by atoms with van der Waals surface area (Å²) < 4.78 is 19.8. The number of rotatable bonds is 10. The highest BCUT2D eigenvalue weighted by Crippen LogP contribution is 2.30. The lowest BCUT2D eigenvalue weighted by Gasteiger charge is -2.15. The molecule has 3 amide bonds. The lowest BCUT2D eigenvalue weighted by atomic mass is 10.1. The third-order valence-electron chi connectivity index (χ3n) is 6.03. The number of anilines is 2. The monoisotopic (exact) mass is 637 g/mol. The van der Waals surface area contributed by atoms with Crippen molar-refractivity contribution in [3.63, 3.8) is 0 Å². The molecule has 0 aliphatic heterocycles. The number of hydrogen-bond donors (Lipinski definition) is 3. The summed E-state index contributed by atoms with van der Waals surface area (Å²) >= 11 is 13.5. The van der Waals surface area contributed by atoms with E-state index < -0.39 is 22.9 Å². The van der Waals surface area contributed by atoms with Gasteiger partial charge in [0.2, 0.25) is 5.91 Å². The smallest absolute Gasteiger partial charge is 0.272 e. The maximum atomic E-state index is 14.5. The van der Waals surface area contributed by atoms with Crippen LogP contribution >= 0.6 is 35.0 Å². The summed E-state index contributed by atoms with van der Waals surface area (Å²) in [6.07, 6.45) is 1.19. The molecule has 4 aromatic rings. The maximum absolute atomic E-state index is 14.5. The first-order valence-corrected chi connectivity index (χ1v) is 14.5. The van der Waals surface area contributed by atoms with Crippen LogP contribution in [-0.2, 0) is 9.59 Å². The molecule has 3 N–H and O–H groups in total. The molecular formula is C32H26Cl2FN3O4S. The van der Waals surface area contributed by atoms with Crippen LogP contribution in [0, 0.1) is 5.82 Å². The van der Waals surface area contributed by atoms with Crippen molar-refractivity contribution in [2.45, 2.75) is 17.1 Å². The third kappa shape index (κ3) is 8.61. The summed E-state index contributed by atoms with van der Waals surface area (Å²) in [5.41, 5.74) is 0.937. The molecule has 1 atom stereocenters. The Kier molecular flexibility index (Phi) is 10.8. The Hall–Kier alpha value is -4.31. The van der Waals surface area contributed by atoms with E-state index in [1.807, 2.05) is 0 Å². The molecular weight excluding hydrogens is 612 g/mol. The van der Waals surface area contributed by atoms with Crippen molar-refractivity contribution in [2.75, 3.05) is 17.7 Å². The predicted octanol–water partition coefficient (Wildman–Crippen LogP) is 7.67. The van der Waals surface area contributed by atoms with Gasteiger partial charge in [0.25, 0.3) is 11.8 Å². The molecule has 0 fully saturated rings. The lowest BCUT2D eigenvalue weighted by Crippen LogP contribution is -2.30. The zero-order valence-corrected chi connectivity index (χ0v) is 25.3. The number of benzene rings is 4. The van der Waals surface area contributed by atoms with Gasteiger partial charge in [-0.1, -0.05) is 47.5 Å². The van der Waals surface area contributed by atoms with Crippen LogP contribution in [0.2, 0.25) is 10.0 Å². The molecule has 0 spiro atoms. The molecule has 220 valence electrons. The number of ether oxygens (including phenoxy) is 1. The van der Waals surface area contributed by atoms with Gasteiger partial charge >= 0.3 is 0 Å². The van der Waals surface area contributed by atoms with Crippen molar-refractivity contribution < 1.29 is 23.5 Å². The molecule has 4 rings (SSSR count). The summed E-state index contributed by atoms with van der Waals surface area (Å²) in [6, 6.07) is 24.1. The molecule has 0 aliphatic rings. The fourth-order valence-corrected chi connectivity index (χ4v) is 5.08. The Morgan fingerprint density at radius 1 is 0.907 bits per heavy atom. The van der Waals surface area contributed by atoms with Crippen LogP contribution in [0.15, 0.2) is 102 Å². The quantitative estimate of drug-likeness (QED) is 0.122. The summed E-state index contributed by atoms with van der Waals surface area (Å²) in [5, 5.41) is 8.15. The highest BCUT2D eigenvalue weighted by molar-refractivity contribution is 8.00. The minimum Gasteiger partial charge on any atom is -0.495 e. The van der Waals surface area contributed by atoms with Crippen molar-refractivity contribution in [3.05, 3.63) is 124 Å². The van der Waals surface area contributed by atoms with E-state index in [1.165, 1.54) is 43.1 Å². The van der Waals surface area contributed by atoms with Crippen LogP contribution < -0.4 is 20.7 Å². The van der Waals surface area contributed by atoms with Crippen LogP contribution in [0.3, 0.4) is 0 Å². The van der Waals surface area contributed by atoms with E-state index in [4.69, 9.17) is 27.9 Å². The van der Waals surface area contributed by atoms with Gasteiger partial charge in [-0.15, -0.1) is 11.8 Å². The minimum atomic E-state index is -0.688. The lowest BCUT2D eigenvalue weighted by molar-refractivity contribution is -0.115. The molecule has 11 heteroatoms. The summed E-state index contributed by atoms with van der Waals surface area (Å²) in [5.74, 6) is -1.66. The summed E-state index contributed by atoms with van der Waals surface area (Å²) in [7, 11) is 1.50. The first-order valence-electron chi connectivity index (χ1n) is 12.9. The van der Waals surface area contributed by atoms with Crippen LogP contribution in [0.5, 0.6) is 5.75 Å². The molecule has 0 aliphatic carbocycles. The average Bonchev–Trinajstić information content (AvgIpc) is 2.99.